The summed E-state index contributed by atoms with van der Waals surface area (Å²) in [6, 6.07) is 6.32. The van der Waals surface area contributed by atoms with Crippen LogP contribution in [0.2, 0.25) is 0 Å². The molecule has 0 aliphatic heterocycles. The highest BCUT2D eigenvalue weighted by Crippen LogP contribution is 2.31. The minimum Gasteiger partial charge on any atom is -0.484 e. The molecule has 0 aromatic heterocycles. The summed E-state index contributed by atoms with van der Waals surface area (Å²) >= 11 is 0. The van der Waals surface area contributed by atoms with E-state index in [9.17, 15) is 14.4 Å². The molecule has 0 heterocycles. The van der Waals surface area contributed by atoms with Crippen molar-refractivity contribution >= 4 is 23.4 Å². The van der Waals surface area contributed by atoms with Crippen molar-refractivity contribution in [2.24, 2.45) is 10.5 Å². The van der Waals surface area contributed by atoms with Crippen molar-refractivity contribution in [3.63, 3.8) is 0 Å². The Morgan fingerprint density at radius 2 is 1.88 bits per heavy atom. The van der Waals surface area contributed by atoms with E-state index in [2.05, 4.69) is 10.5 Å². The van der Waals surface area contributed by atoms with E-state index in [1.807, 2.05) is 13.8 Å². The smallest absolute Gasteiger partial charge is 0.338 e. The van der Waals surface area contributed by atoms with Crippen molar-refractivity contribution in [1.29, 1.82) is 0 Å². The predicted molar refractivity (Wildman–Crippen MR) is 96.1 cm³/mol. The molecule has 0 radical (unpaired) electrons. The van der Waals surface area contributed by atoms with E-state index in [1.54, 1.807) is 31.2 Å². The van der Waals surface area contributed by atoms with E-state index in [0.29, 0.717) is 36.5 Å². The Labute approximate surface area is 152 Å². The SMILES string of the molecule is CCOC(=O)c1ccc(OCC(=O)N/N=C2/CC(=O)CC(C)(C)C2)cc1. The van der Waals surface area contributed by atoms with Gasteiger partial charge in [0.25, 0.3) is 5.91 Å². The van der Waals surface area contributed by atoms with Gasteiger partial charge in [-0.1, -0.05) is 13.8 Å². The summed E-state index contributed by atoms with van der Waals surface area (Å²) in [4.78, 5) is 35.1. The highest BCUT2D eigenvalue weighted by atomic mass is 16.5. The van der Waals surface area contributed by atoms with Crippen molar-refractivity contribution in [2.75, 3.05) is 13.2 Å². The Hall–Kier alpha value is -2.70. The maximum atomic E-state index is 11.9. The summed E-state index contributed by atoms with van der Waals surface area (Å²) in [5.41, 5.74) is 3.39. The second kappa shape index (κ2) is 8.60. The molecule has 140 valence electrons. The maximum absolute atomic E-state index is 11.9. The number of nitrogens with zero attached hydrogens (tertiary/aromatic N) is 1. The van der Waals surface area contributed by atoms with Gasteiger partial charge >= 0.3 is 5.97 Å². The van der Waals surface area contributed by atoms with Crippen molar-refractivity contribution in [3.05, 3.63) is 29.8 Å². The second-order valence-corrected chi connectivity index (χ2v) is 6.98. The molecule has 1 saturated carbocycles. The molecule has 1 aliphatic rings. The zero-order valence-electron chi connectivity index (χ0n) is 15.3. The summed E-state index contributed by atoms with van der Waals surface area (Å²) in [5, 5.41) is 4.05. The first-order valence-electron chi connectivity index (χ1n) is 8.55. The molecular formula is C19H24N2O5. The molecule has 1 aromatic carbocycles. The third-order valence-corrected chi connectivity index (χ3v) is 3.83. The number of benzene rings is 1. The number of ether oxygens (including phenoxy) is 2. The minimum absolute atomic E-state index is 0.129. The van der Waals surface area contributed by atoms with Gasteiger partial charge in [-0.3, -0.25) is 9.59 Å². The maximum Gasteiger partial charge on any atom is 0.338 e. The fourth-order valence-corrected chi connectivity index (χ4v) is 2.80. The number of ketones is 1. The van der Waals surface area contributed by atoms with Gasteiger partial charge in [0, 0.05) is 18.6 Å². The lowest BCUT2D eigenvalue weighted by molar-refractivity contribution is -0.123. The normalized spacial score (nSPS) is 17.7. The van der Waals surface area contributed by atoms with Crippen LogP contribution in [0.25, 0.3) is 0 Å². The van der Waals surface area contributed by atoms with Crippen LogP contribution in [-0.4, -0.2) is 36.6 Å². The molecule has 0 unspecified atom stereocenters. The van der Waals surface area contributed by atoms with E-state index < -0.39 is 11.9 Å². The average molecular weight is 360 g/mol. The van der Waals surface area contributed by atoms with E-state index in [1.165, 1.54) is 0 Å². The highest BCUT2D eigenvalue weighted by Gasteiger charge is 2.30. The fraction of sp³-hybridized carbons (Fsp3) is 0.474. The van der Waals surface area contributed by atoms with E-state index in [0.717, 1.165) is 0 Å². The summed E-state index contributed by atoms with van der Waals surface area (Å²) in [5.74, 6) is -0.234. The Bertz CT molecular complexity index is 707. The van der Waals surface area contributed by atoms with Crippen LogP contribution in [-0.2, 0) is 14.3 Å². The van der Waals surface area contributed by atoms with Gasteiger partial charge < -0.3 is 9.47 Å². The van der Waals surface area contributed by atoms with Gasteiger partial charge in [0.15, 0.2) is 6.61 Å². The summed E-state index contributed by atoms with van der Waals surface area (Å²) in [6.07, 6.45) is 1.49. The van der Waals surface area contributed by atoms with Crippen LogP contribution in [0, 0.1) is 5.41 Å². The van der Waals surface area contributed by atoms with Crippen LogP contribution in [0.15, 0.2) is 29.4 Å². The van der Waals surface area contributed by atoms with Gasteiger partial charge in [0.05, 0.1) is 12.2 Å². The first-order valence-corrected chi connectivity index (χ1v) is 8.55. The third-order valence-electron chi connectivity index (χ3n) is 3.83. The van der Waals surface area contributed by atoms with Gasteiger partial charge in [-0.2, -0.15) is 5.10 Å². The number of carbonyl (C=O) groups is 3. The zero-order valence-corrected chi connectivity index (χ0v) is 15.3. The number of Topliss-reactive ketones (excluding diaryl/α,β-unsaturated/α-hetero) is 1. The first-order chi connectivity index (χ1) is 12.3. The monoisotopic (exact) mass is 360 g/mol. The predicted octanol–water partition coefficient (Wildman–Crippen LogP) is 2.49. The molecule has 0 bridgehead atoms. The number of rotatable bonds is 6. The highest BCUT2D eigenvalue weighted by molar-refractivity contribution is 6.05. The number of hydrazone groups is 1. The quantitative estimate of drug-likeness (QED) is 0.621. The summed E-state index contributed by atoms with van der Waals surface area (Å²) < 4.78 is 10.3. The van der Waals surface area contributed by atoms with E-state index >= 15 is 0 Å². The number of esters is 1. The van der Waals surface area contributed by atoms with E-state index in [-0.39, 0.29) is 24.2 Å². The van der Waals surface area contributed by atoms with Crippen LogP contribution in [0.4, 0.5) is 0 Å². The van der Waals surface area contributed by atoms with Crippen molar-refractivity contribution in [2.45, 2.75) is 40.0 Å². The van der Waals surface area contributed by atoms with Crippen LogP contribution in [0.1, 0.15) is 50.4 Å². The third kappa shape index (κ3) is 5.98. The second-order valence-electron chi connectivity index (χ2n) is 6.98. The molecule has 0 atom stereocenters. The van der Waals surface area contributed by atoms with Crippen LogP contribution in [0.3, 0.4) is 0 Å². The fourth-order valence-electron chi connectivity index (χ4n) is 2.80. The molecule has 1 fully saturated rings. The molecule has 7 nitrogen and oxygen atoms in total. The molecular weight excluding hydrogens is 336 g/mol. The Balaban J connectivity index is 1.82. The van der Waals surface area contributed by atoms with Gasteiger partial charge in [0.2, 0.25) is 0 Å². The van der Waals surface area contributed by atoms with Crippen LogP contribution >= 0.6 is 0 Å². The van der Waals surface area contributed by atoms with Crippen LogP contribution < -0.4 is 10.2 Å². The van der Waals surface area contributed by atoms with Gasteiger partial charge in [0.1, 0.15) is 11.5 Å². The Morgan fingerprint density at radius 1 is 1.19 bits per heavy atom. The molecule has 1 aromatic rings. The van der Waals surface area contributed by atoms with Gasteiger partial charge in [-0.05, 0) is 43.0 Å². The molecule has 1 aliphatic carbocycles. The lowest BCUT2D eigenvalue weighted by Gasteiger charge is -2.28. The lowest BCUT2D eigenvalue weighted by Crippen LogP contribution is -2.32. The zero-order chi connectivity index (χ0) is 19.2. The van der Waals surface area contributed by atoms with Crippen LogP contribution in [0.5, 0.6) is 5.75 Å². The summed E-state index contributed by atoms with van der Waals surface area (Å²) in [7, 11) is 0. The largest absolute Gasteiger partial charge is 0.484 e. The Morgan fingerprint density at radius 3 is 2.50 bits per heavy atom. The molecule has 7 heteroatoms. The molecule has 26 heavy (non-hydrogen) atoms. The number of amides is 1. The van der Waals surface area contributed by atoms with Crippen molar-refractivity contribution in [3.8, 4) is 5.75 Å². The topological polar surface area (TPSA) is 94.1 Å². The first kappa shape index (κ1) is 19.6. The standard InChI is InChI=1S/C19H24N2O5/c1-4-25-18(24)13-5-7-16(8-6-13)26-12-17(23)21-20-14-9-15(22)11-19(2,3)10-14/h5-8H,4,9-12H2,1-3H3,(H,21,23)/b20-14-. The van der Waals surface area contributed by atoms with Crippen molar-refractivity contribution < 1.29 is 23.9 Å². The molecule has 2 rings (SSSR count). The molecule has 0 saturated heterocycles. The molecule has 1 amide bonds. The summed E-state index contributed by atoms with van der Waals surface area (Å²) in [6.45, 7) is 5.84. The number of hydrogen-bond donors (Lipinski definition) is 1. The lowest BCUT2D eigenvalue weighted by atomic mass is 9.76. The minimum atomic E-state index is -0.414. The molecule has 0 spiro atoms. The number of hydrogen-bond acceptors (Lipinski definition) is 6. The van der Waals surface area contributed by atoms with Crippen molar-refractivity contribution in [1.82, 2.24) is 5.43 Å². The molecule has 1 N–H and O–H groups in total. The van der Waals surface area contributed by atoms with Gasteiger partial charge in [-0.15, -0.1) is 0 Å². The Kier molecular flexibility index (Phi) is 6.49. The van der Waals surface area contributed by atoms with Gasteiger partial charge in [-0.25, -0.2) is 10.2 Å². The van der Waals surface area contributed by atoms with E-state index in [4.69, 9.17) is 9.47 Å². The number of carbonyl (C=O) groups excluding carboxylic acids is 3. The number of nitrogens with one attached hydrogen (secondary N) is 1. The average Bonchev–Trinajstić information content (AvgIpc) is 2.57.